The Kier molecular flexibility index (Phi) is 5.17. The Morgan fingerprint density at radius 3 is 2.88 bits per heavy atom. The van der Waals surface area contributed by atoms with E-state index in [0.717, 1.165) is 23.4 Å². The summed E-state index contributed by atoms with van der Waals surface area (Å²) in [5, 5.41) is 6.44. The van der Waals surface area contributed by atoms with Crippen LogP contribution in [0.3, 0.4) is 0 Å². The number of hydrogen-bond acceptors (Lipinski definition) is 5. The highest BCUT2D eigenvalue weighted by Crippen LogP contribution is 2.23. The lowest BCUT2D eigenvalue weighted by Gasteiger charge is -2.31. The zero-order chi connectivity index (χ0) is 17.2. The minimum atomic E-state index is -3.17. The van der Waals surface area contributed by atoms with E-state index in [2.05, 4.69) is 5.10 Å². The van der Waals surface area contributed by atoms with E-state index in [1.54, 1.807) is 28.6 Å². The molecule has 1 aliphatic heterocycles. The van der Waals surface area contributed by atoms with Crippen LogP contribution in [0.15, 0.2) is 34.4 Å². The molecule has 0 aliphatic carbocycles. The van der Waals surface area contributed by atoms with Crippen molar-refractivity contribution in [3.8, 4) is 10.6 Å². The standard InChI is InChI=1S/C16H21N3O3S2/c1-2-24(21,22)18-9-3-5-13(11-18)12-19-16(20)8-7-14(17-19)15-6-4-10-23-15/h4,6-8,10,13H,2-3,5,9,11-12H2,1H3/t13-/m0/s1. The molecule has 0 spiro atoms. The third kappa shape index (κ3) is 3.76. The van der Waals surface area contributed by atoms with E-state index in [1.165, 1.54) is 10.7 Å². The van der Waals surface area contributed by atoms with Crippen LogP contribution in [0.1, 0.15) is 19.8 Å². The van der Waals surface area contributed by atoms with E-state index >= 15 is 0 Å². The maximum Gasteiger partial charge on any atom is 0.266 e. The second kappa shape index (κ2) is 7.16. The summed E-state index contributed by atoms with van der Waals surface area (Å²) in [6, 6.07) is 7.19. The molecule has 0 amide bonds. The molecule has 0 bridgehead atoms. The van der Waals surface area contributed by atoms with Crippen molar-refractivity contribution in [3.05, 3.63) is 40.0 Å². The van der Waals surface area contributed by atoms with Crippen LogP contribution in [-0.2, 0) is 16.6 Å². The molecule has 1 atom stereocenters. The van der Waals surface area contributed by atoms with Crippen molar-refractivity contribution < 1.29 is 8.42 Å². The first kappa shape index (κ1) is 17.3. The number of thiophene rings is 1. The third-order valence-electron chi connectivity index (χ3n) is 4.31. The third-order valence-corrected chi connectivity index (χ3v) is 7.05. The Morgan fingerprint density at radius 1 is 1.33 bits per heavy atom. The average molecular weight is 367 g/mol. The number of hydrogen-bond donors (Lipinski definition) is 0. The lowest BCUT2D eigenvalue weighted by atomic mass is 10.00. The summed E-state index contributed by atoms with van der Waals surface area (Å²) in [4.78, 5) is 13.1. The Labute approximate surface area is 145 Å². The van der Waals surface area contributed by atoms with Gasteiger partial charge < -0.3 is 0 Å². The largest absolute Gasteiger partial charge is 0.268 e. The molecule has 2 aromatic rings. The van der Waals surface area contributed by atoms with Gasteiger partial charge in [0.2, 0.25) is 10.0 Å². The number of aromatic nitrogens is 2. The Morgan fingerprint density at radius 2 is 2.17 bits per heavy atom. The monoisotopic (exact) mass is 367 g/mol. The SMILES string of the molecule is CCS(=O)(=O)N1CCC[C@H](Cn2nc(-c3cccs3)ccc2=O)C1. The number of sulfonamides is 1. The van der Waals surface area contributed by atoms with Crippen LogP contribution in [0.25, 0.3) is 10.6 Å². The molecular formula is C16H21N3O3S2. The molecule has 0 aromatic carbocycles. The van der Waals surface area contributed by atoms with Crippen molar-refractivity contribution in [2.45, 2.75) is 26.3 Å². The van der Waals surface area contributed by atoms with Crippen molar-refractivity contribution in [1.29, 1.82) is 0 Å². The van der Waals surface area contributed by atoms with Gasteiger partial charge in [-0.25, -0.2) is 17.4 Å². The predicted molar refractivity (Wildman–Crippen MR) is 95.6 cm³/mol. The molecule has 8 heteroatoms. The van der Waals surface area contributed by atoms with Crippen LogP contribution in [0, 0.1) is 5.92 Å². The Hall–Kier alpha value is -1.51. The van der Waals surface area contributed by atoms with E-state index in [1.807, 2.05) is 17.5 Å². The molecule has 1 aliphatic rings. The maximum absolute atomic E-state index is 12.1. The molecule has 3 rings (SSSR count). The Balaban J connectivity index is 1.78. The minimum Gasteiger partial charge on any atom is -0.268 e. The van der Waals surface area contributed by atoms with Gasteiger partial charge in [0, 0.05) is 25.7 Å². The van der Waals surface area contributed by atoms with E-state index < -0.39 is 10.0 Å². The van der Waals surface area contributed by atoms with Crippen molar-refractivity contribution in [2.75, 3.05) is 18.8 Å². The van der Waals surface area contributed by atoms with Crippen molar-refractivity contribution >= 4 is 21.4 Å². The van der Waals surface area contributed by atoms with E-state index in [-0.39, 0.29) is 17.2 Å². The van der Waals surface area contributed by atoms with Gasteiger partial charge in [0.15, 0.2) is 0 Å². The van der Waals surface area contributed by atoms with Gasteiger partial charge >= 0.3 is 0 Å². The van der Waals surface area contributed by atoms with Crippen molar-refractivity contribution in [2.24, 2.45) is 5.92 Å². The van der Waals surface area contributed by atoms with Gasteiger partial charge in [-0.3, -0.25) is 4.79 Å². The van der Waals surface area contributed by atoms with Gasteiger partial charge in [-0.05, 0) is 43.2 Å². The minimum absolute atomic E-state index is 0.115. The zero-order valence-electron chi connectivity index (χ0n) is 13.6. The molecule has 0 unspecified atom stereocenters. The summed E-state index contributed by atoms with van der Waals surface area (Å²) in [7, 11) is -3.17. The van der Waals surface area contributed by atoms with E-state index in [0.29, 0.717) is 19.6 Å². The lowest BCUT2D eigenvalue weighted by Crippen LogP contribution is -2.42. The second-order valence-electron chi connectivity index (χ2n) is 5.98. The fourth-order valence-corrected chi connectivity index (χ4v) is 4.89. The van der Waals surface area contributed by atoms with Crippen LogP contribution in [0.5, 0.6) is 0 Å². The fraction of sp³-hybridized carbons (Fsp3) is 0.500. The van der Waals surface area contributed by atoms with Gasteiger partial charge in [-0.15, -0.1) is 11.3 Å². The smallest absolute Gasteiger partial charge is 0.266 e. The molecule has 1 fully saturated rings. The van der Waals surface area contributed by atoms with E-state index in [4.69, 9.17) is 0 Å². The Bertz CT molecular complexity index is 844. The highest BCUT2D eigenvalue weighted by molar-refractivity contribution is 7.89. The number of nitrogens with zero attached hydrogens (tertiary/aromatic N) is 3. The molecule has 130 valence electrons. The first-order valence-corrected chi connectivity index (χ1v) is 10.6. The van der Waals surface area contributed by atoms with Crippen molar-refractivity contribution in [3.63, 3.8) is 0 Å². The zero-order valence-corrected chi connectivity index (χ0v) is 15.2. The maximum atomic E-state index is 12.1. The molecule has 6 nitrogen and oxygen atoms in total. The molecular weight excluding hydrogens is 346 g/mol. The summed E-state index contributed by atoms with van der Waals surface area (Å²) in [6.07, 6.45) is 1.73. The van der Waals surface area contributed by atoms with Crippen LogP contribution in [0.2, 0.25) is 0 Å². The normalized spacial score (nSPS) is 19.5. The molecule has 3 heterocycles. The van der Waals surface area contributed by atoms with Gasteiger partial charge in [-0.2, -0.15) is 5.10 Å². The van der Waals surface area contributed by atoms with E-state index in [9.17, 15) is 13.2 Å². The number of rotatable bonds is 5. The van der Waals surface area contributed by atoms with Crippen LogP contribution >= 0.6 is 11.3 Å². The van der Waals surface area contributed by atoms with Gasteiger partial charge in [0.1, 0.15) is 5.69 Å². The van der Waals surface area contributed by atoms with Crippen LogP contribution in [0.4, 0.5) is 0 Å². The second-order valence-corrected chi connectivity index (χ2v) is 9.19. The van der Waals surface area contributed by atoms with Crippen LogP contribution in [-0.4, -0.2) is 41.3 Å². The summed E-state index contributed by atoms with van der Waals surface area (Å²) in [5.41, 5.74) is 0.629. The molecule has 24 heavy (non-hydrogen) atoms. The van der Waals surface area contributed by atoms with Crippen molar-refractivity contribution in [1.82, 2.24) is 14.1 Å². The first-order chi connectivity index (χ1) is 11.5. The lowest BCUT2D eigenvalue weighted by molar-refractivity contribution is 0.237. The van der Waals surface area contributed by atoms with Gasteiger partial charge in [0.05, 0.1) is 10.6 Å². The highest BCUT2D eigenvalue weighted by atomic mass is 32.2. The molecule has 0 saturated carbocycles. The topological polar surface area (TPSA) is 72.3 Å². The molecule has 0 N–H and O–H groups in total. The molecule has 2 aromatic heterocycles. The van der Waals surface area contributed by atoms with Crippen LogP contribution < -0.4 is 5.56 Å². The summed E-state index contributed by atoms with van der Waals surface area (Å²) < 4.78 is 27.2. The molecule has 1 saturated heterocycles. The summed E-state index contributed by atoms with van der Waals surface area (Å²) >= 11 is 1.58. The number of piperidine rings is 1. The fourth-order valence-electron chi connectivity index (χ4n) is 2.99. The first-order valence-electron chi connectivity index (χ1n) is 8.09. The summed E-state index contributed by atoms with van der Waals surface area (Å²) in [5.74, 6) is 0.232. The highest BCUT2D eigenvalue weighted by Gasteiger charge is 2.28. The average Bonchev–Trinajstić information content (AvgIpc) is 3.12. The predicted octanol–water partition coefficient (Wildman–Crippen LogP) is 2.03. The molecule has 0 radical (unpaired) electrons. The van der Waals surface area contributed by atoms with Gasteiger partial charge in [-0.1, -0.05) is 6.07 Å². The quantitative estimate of drug-likeness (QED) is 0.811. The summed E-state index contributed by atoms with van der Waals surface area (Å²) in [6.45, 7) is 3.15. The van der Waals surface area contributed by atoms with Gasteiger partial charge in [0.25, 0.3) is 5.56 Å².